The quantitative estimate of drug-likeness (QED) is 0.186. The van der Waals surface area contributed by atoms with E-state index >= 15 is 0 Å². The lowest BCUT2D eigenvalue weighted by Crippen LogP contribution is -2.37. The van der Waals surface area contributed by atoms with Crippen molar-refractivity contribution >= 4 is 23.5 Å². The summed E-state index contributed by atoms with van der Waals surface area (Å²) < 4.78 is 7.63. The van der Waals surface area contributed by atoms with Gasteiger partial charge in [-0.3, -0.25) is 9.59 Å². The highest BCUT2D eigenvalue weighted by Crippen LogP contribution is 2.30. The van der Waals surface area contributed by atoms with Crippen molar-refractivity contribution in [2.75, 3.05) is 7.05 Å². The largest absolute Gasteiger partial charge is 0.480 e. The summed E-state index contributed by atoms with van der Waals surface area (Å²) in [6.45, 7) is 4.43. The van der Waals surface area contributed by atoms with E-state index in [1.165, 1.54) is 7.05 Å². The van der Waals surface area contributed by atoms with Crippen molar-refractivity contribution in [3.63, 3.8) is 0 Å². The second-order valence-corrected chi connectivity index (χ2v) is 10.2. The van der Waals surface area contributed by atoms with E-state index < -0.39 is 24.1 Å². The fourth-order valence-electron chi connectivity index (χ4n) is 4.66. The maximum Gasteiger partial charge on any atom is 0.321 e. The molecule has 1 unspecified atom stereocenters. The number of aromatic amines is 1. The molecular formula is C29H34ClN7O4. The normalized spacial score (nSPS) is 12.7. The first kappa shape index (κ1) is 29.9. The molecule has 0 saturated carbocycles. The number of H-pyrrole nitrogens is 1. The Morgan fingerprint density at radius 2 is 1.88 bits per heavy atom. The van der Waals surface area contributed by atoms with E-state index in [4.69, 9.17) is 16.3 Å². The van der Waals surface area contributed by atoms with Crippen LogP contribution in [0.5, 0.6) is 0 Å². The van der Waals surface area contributed by atoms with Crippen LogP contribution in [0.2, 0.25) is 5.15 Å². The number of carboxylic acid groups (broad SMARTS) is 1. The Kier molecular flexibility index (Phi) is 10.2. The average Bonchev–Trinajstić information content (AvgIpc) is 3.60. The summed E-state index contributed by atoms with van der Waals surface area (Å²) in [4.78, 5) is 28.3. The number of nitrogens with zero attached hydrogens (tertiary/aromatic N) is 5. The number of hydrogen-bond donors (Lipinski definition) is 3. The van der Waals surface area contributed by atoms with Gasteiger partial charge in [0.15, 0.2) is 5.15 Å². The van der Waals surface area contributed by atoms with Crippen molar-refractivity contribution in [2.45, 2.75) is 64.6 Å². The van der Waals surface area contributed by atoms with E-state index in [0.29, 0.717) is 23.9 Å². The first-order valence-corrected chi connectivity index (χ1v) is 13.9. The highest BCUT2D eigenvalue weighted by Gasteiger charge is 2.24. The van der Waals surface area contributed by atoms with Crippen LogP contribution in [0.4, 0.5) is 0 Å². The van der Waals surface area contributed by atoms with Gasteiger partial charge in [-0.1, -0.05) is 73.5 Å². The molecule has 2 atom stereocenters. The lowest BCUT2D eigenvalue weighted by atomic mass is 9.98. The standard InChI is InChI=1S/C29H34ClN7O4/c1-4-5-10-25-32-27(30)24(15-18(2)41-26(38)16-23(31-3)29(39)40)37(25)17-19-11-13-20(14-12-19)21-8-6-7-9-22(21)28-33-35-36-34-28/h6-9,11-14,18,23,31H,4-5,10,15-17H2,1-3H3,(H,39,40)(H,33,34,35,36)/t18-,23?/m1/s1. The van der Waals surface area contributed by atoms with Crippen LogP contribution in [0.3, 0.4) is 0 Å². The van der Waals surface area contributed by atoms with Crippen LogP contribution in [-0.2, 0) is 33.7 Å². The van der Waals surface area contributed by atoms with Gasteiger partial charge in [-0.05, 0) is 42.3 Å². The first-order chi connectivity index (χ1) is 19.8. The molecule has 12 heteroatoms. The number of carbonyl (C=O) groups excluding carboxylic acids is 1. The van der Waals surface area contributed by atoms with Gasteiger partial charge < -0.3 is 19.7 Å². The molecule has 216 valence electrons. The van der Waals surface area contributed by atoms with E-state index in [-0.39, 0.29) is 6.42 Å². The van der Waals surface area contributed by atoms with E-state index in [9.17, 15) is 14.7 Å². The minimum Gasteiger partial charge on any atom is -0.480 e. The minimum atomic E-state index is -1.11. The highest BCUT2D eigenvalue weighted by atomic mass is 35.5. The van der Waals surface area contributed by atoms with Crippen LogP contribution in [0.25, 0.3) is 22.5 Å². The summed E-state index contributed by atoms with van der Waals surface area (Å²) in [5.74, 6) is -0.298. The molecule has 2 aromatic carbocycles. The third-order valence-electron chi connectivity index (χ3n) is 6.81. The van der Waals surface area contributed by atoms with Crippen molar-refractivity contribution in [3.8, 4) is 22.5 Å². The van der Waals surface area contributed by atoms with Gasteiger partial charge in [0.2, 0.25) is 5.82 Å². The van der Waals surface area contributed by atoms with E-state index in [2.05, 4.69) is 66.7 Å². The van der Waals surface area contributed by atoms with Crippen molar-refractivity contribution in [3.05, 3.63) is 70.8 Å². The van der Waals surface area contributed by atoms with E-state index in [1.807, 2.05) is 24.3 Å². The third kappa shape index (κ3) is 7.56. The second-order valence-electron chi connectivity index (χ2n) is 9.82. The van der Waals surface area contributed by atoms with Crippen LogP contribution >= 0.6 is 11.6 Å². The Labute approximate surface area is 243 Å². The molecular weight excluding hydrogens is 546 g/mol. The number of carbonyl (C=O) groups is 2. The molecule has 2 aromatic heterocycles. The first-order valence-electron chi connectivity index (χ1n) is 13.6. The average molecular weight is 580 g/mol. The number of likely N-dealkylation sites (N-methyl/N-ethyl adjacent to an activating group) is 1. The van der Waals surface area contributed by atoms with Gasteiger partial charge in [0, 0.05) is 24.9 Å². The number of ether oxygens (including phenoxy) is 1. The number of aromatic nitrogens is 6. The molecule has 0 amide bonds. The summed E-state index contributed by atoms with van der Waals surface area (Å²) in [5.41, 5.74) is 4.72. The Morgan fingerprint density at radius 1 is 1.15 bits per heavy atom. The van der Waals surface area contributed by atoms with Gasteiger partial charge in [0.1, 0.15) is 18.0 Å². The summed E-state index contributed by atoms with van der Waals surface area (Å²) in [5, 5.41) is 26.6. The lowest BCUT2D eigenvalue weighted by Gasteiger charge is -2.18. The minimum absolute atomic E-state index is 0.271. The third-order valence-corrected chi connectivity index (χ3v) is 7.11. The van der Waals surface area contributed by atoms with E-state index in [0.717, 1.165) is 53.0 Å². The summed E-state index contributed by atoms with van der Waals surface area (Å²) in [7, 11) is 1.49. The van der Waals surface area contributed by atoms with Crippen molar-refractivity contribution in [2.24, 2.45) is 0 Å². The van der Waals surface area contributed by atoms with Crippen LogP contribution in [-0.4, -0.2) is 66.4 Å². The van der Waals surface area contributed by atoms with Crippen LogP contribution in [0.15, 0.2) is 48.5 Å². The van der Waals surface area contributed by atoms with Gasteiger partial charge in [-0.2, -0.15) is 5.21 Å². The number of halogens is 1. The molecule has 0 aliphatic carbocycles. The predicted molar refractivity (Wildman–Crippen MR) is 154 cm³/mol. The zero-order chi connectivity index (χ0) is 29.4. The number of benzene rings is 2. The molecule has 41 heavy (non-hydrogen) atoms. The topological polar surface area (TPSA) is 148 Å². The molecule has 11 nitrogen and oxygen atoms in total. The number of rotatable bonds is 14. The molecule has 4 aromatic rings. The monoisotopic (exact) mass is 579 g/mol. The fourth-order valence-corrected chi connectivity index (χ4v) is 4.93. The van der Waals surface area contributed by atoms with Gasteiger partial charge in [0.05, 0.1) is 12.1 Å². The SMILES string of the molecule is CCCCc1nc(Cl)c(C[C@@H](C)OC(=O)CC(NC)C(=O)O)n1Cc1ccc(-c2ccccc2-c2nn[nH]n2)cc1. The zero-order valence-electron chi connectivity index (χ0n) is 23.3. The number of aryl methyl sites for hydroxylation is 1. The number of carboxylic acids is 1. The number of unbranched alkanes of at least 4 members (excludes halogenated alkanes) is 1. The fraction of sp³-hybridized carbons (Fsp3) is 0.379. The Balaban J connectivity index is 1.54. The van der Waals surface area contributed by atoms with Crippen molar-refractivity contribution in [1.29, 1.82) is 0 Å². The van der Waals surface area contributed by atoms with Crippen molar-refractivity contribution in [1.82, 2.24) is 35.5 Å². The Hall–Kier alpha value is -4.09. The van der Waals surface area contributed by atoms with Crippen LogP contribution < -0.4 is 5.32 Å². The number of nitrogens with one attached hydrogen (secondary N) is 2. The molecule has 0 spiro atoms. The summed E-state index contributed by atoms with van der Waals surface area (Å²) >= 11 is 6.62. The number of hydrogen-bond acceptors (Lipinski definition) is 8. The van der Waals surface area contributed by atoms with Gasteiger partial charge in [-0.15, -0.1) is 10.2 Å². The molecule has 0 saturated heterocycles. The van der Waals surface area contributed by atoms with Gasteiger partial charge in [-0.25, -0.2) is 4.98 Å². The zero-order valence-corrected chi connectivity index (χ0v) is 24.1. The smallest absolute Gasteiger partial charge is 0.321 e. The number of esters is 1. The molecule has 0 bridgehead atoms. The molecule has 2 heterocycles. The second kappa shape index (κ2) is 14.0. The van der Waals surface area contributed by atoms with Crippen LogP contribution in [0.1, 0.15) is 50.2 Å². The summed E-state index contributed by atoms with van der Waals surface area (Å²) in [6.07, 6.45) is 2.29. The maximum absolute atomic E-state index is 12.4. The van der Waals surface area contributed by atoms with Crippen molar-refractivity contribution < 1.29 is 19.4 Å². The lowest BCUT2D eigenvalue weighted by molar-refractivity contribution is -0.152. The number of aliphatic carboxylic acids is 1. The Bertz CT molecular complexity index is 1450. The molecule has 0 aliphatic rings. The molecule has 4 rings (SSSR count). The van der Waals surface area contributed by atoms with E-state index in [1.54, 1.807) is 6.92 Å². The molecule has 0 radical (unpaired) electrons. The summed E-state index contributed by atoms with van der Waals surface area (Å²) in [6, 6.07) is 15.1. The number of tetrazole rings is 1. The highest BCUT2D eigenvalue weighted by molar-refractivity contribution is 6.30. The Morgan fingerprint density at radius 3 is 2.51 bits per heavy atom. The van der Waals surface area contributed by atoms with Gasteiger partial charge in [0.25, 0.3) is 0 Å². The molecule has 0 fully saturated rings. The molecule has 0 aliphatic heterocycles. The predicted octanol–water partition coefficient (Wildman–Crippen LogP) is 4.31. The maximum atomic E-state index is 12.4. The van der Waals surface area contributed by atoms with Crippen LogP contribution in [0, 0.1) is 0 Å². The number of imidazole rings is 1. The van der Waals surface area contributed by atoms with Gasteiger partial charge >= 0.3 is 11.9 Å². The molecule has 3 N–H and O–H groups in total.